The van der Waals surface area contributed by atoms with Gasteiger partial charge in [-0.3, -0.25) is 4.79 Å². The second-order valence-corrected chi connectivity index (χ2v) is 6.83. The Morgan fingerprint density at radius 2 is 1.81 bits per heavy atom. The minimum absolute atomic E-state index is 0.0472. The van der Waals surface area contributed by atoms with Gasteiger partial charge in [0, 0.05) is 13.1 Å². The molecule has 1 aliphatic heterocycles. The second kappa shape index (κ2) is 8.32. The second-order valence-electron chi connectivity index (χ2n) is 6.83. The number of benzene rings is 2. The fourth-order valence-electron chi connectivity index (χ4n) is 3.22. The number of rotatable bonds is 5. The van der Waals surface area contributed by atoms with E-state index < -0.39 is 5.60 Å². The summed E-state index contributed by atoms with van der Waals surface area (Å²) in [6.07, 6.45) is 1.76. The van der Waals surface area contributed by atoms with Gasteiger partial charge >= 0.3 is 0 Å². The van der Waals surface area contributed by atoms with Crippen molar-refractivity contribution < 1.29 is 19.0 Å². The molecule has 0 aromatic heterocycles. The van der Waals surface area contributed by atoms with Crippen molar-refractivity contribution in [2.45, 2.75) is 31.3 Å². The number of amides is 1. The summed E-state index contributed by atoms with van der Waals surface area (Å²) in [6.45, 7) is 1.22. The van der Waals surface area contributed by atoms with Gasteiger partial charge in [0.05, 0.1) is 6.42 Å². The Hall–Kier alpha value is -2.40. The van der Waals surface area contributed by atoms with Crippen LogP contribution in [0.3, 0.4) is 0 Å². The Labute approximate surface area is 153 Å². The van der Waals surface area contributed by atoms with E-state index in [0.29, 0.717) is 37.9 Å². The third-order valence-electron chi connectivity index (χ3n) is 4.82. The van der Waals surface area contributed by atoms with E-state index in [1.807, 2.05) is 30.3 Å². The summed E-state index contributed by atoms with van der Waals surface area (Å²) in [5, 5.41) is 10.8. The Bertz CT molecular complexity index is 737. The van der Waals surface area contributed by atoms with Gasteiger partial charge in [0.1, 0.15) is 23.8 Å². The van der Waals surface area contributed by atoms with E-state index in [1.54, 1.807) is 23.1 Å². The standard InChI is InChI=1S/C21H24FNO3/c22-19-10-5-4-7-17(19)15-20(24)23-13-6-11-21(25,12-14-23)16-26-18-8-2-1-3-9-18/h1-5,7-10,25H,6,11-16H2. The van der Waals surface area contributed by atoms with Crippen LogP contribution in [0.2, 0.25) is 0 Å². The van der Waals surface area contributed by atoms with Gasteiger partial charge in [0.15, 0.2) is 0 Å². The summed E-state index contributed by atoms with van der Waals surface area (Å²) in [5.74, 6) is 0.254. The molecular formula is C21H24FNO3. The predicted octanol–water partition coefficient (Wildman–Crippen LogP) is 3.19. The molecule has 4 nitrogen and oxygen atoms in total. The minimum atomic E-state index is -0.955. The molecule has 0 bridgehead atoms. The highest BCUT2D eigenvalue weighted by atomic mass is 19.1. The van der Waals surface area contributed by atoms with Crippen LogP contribution in [0.5, 0.6) is 5.75 Å². The van der Waals surface area contributed by atoms with Gasteiger partial charge in [-0.25, -0.2) is 4.39 Å². The lowest BCUT2D eigenvalue weighted by Crippen LogP contribution is -2.38. The maximum Gasteiger partial charge on any atom is 0.227 e. The Morgan fingerprint density at radius 3 is 2.58 bits per heavy atom. The molecule has 1 N–H and O–H groups in total. The van der Waals surface area contributed by atoms with Crippen LogP contribution in [-0.2, 0) is 11.2 Å². The third-order valence-corrected chi connectivity index (χ3v) is 4.82. The molecule has 1 unspecified atom stereocenters. The number of carbonyl (C=O) groups is 1. The van der Waals surface area contributed by atoms with Crippen LogP contribution in [0.25, 0.3) is 0 Å². The Kier molecular flexibility index (Phi) is 5.89. The number of carbonyl (C=O) groups excluding carboxylic acids is 1. The summed E-state index contributed by atoms with van der Waals surface area (Å²) < 4.78 is 19.5. The third kappa shape index (κ3) is 4.82. The van der Waals surface area contributed by atoms with Gasteiger partial charge in [-0.2, -0.15) is 0 Å². The smallest absolute Gasteiger partial charge is 0.227 e. The molecule has 0 radical (unpaired) electrons. The molecule has 26 heavy (non-hydrogen) atoms. The lowest BCUT2D eigenvalue weighted by atomic mass is 9.96. The number of ether oxygens (including phenoxy) is 1. The van der Waals surface area contributed by atoms with Crippen molar-refractivity contribution in [3.8, 4) is 5.75 Å². The average molecular weight is 357 g/mol. The quantitative estimate of drug-likeness (QED) is 0.894. The first kappa shape index (κ1) is 18.4. The molecule has 138 valence electrons. The number of halogens is 1. The van der Waals surface area contributed by atoms with Crippen LogP contribution in [0.1, 0.15) is 24.8 Å². The monoisotopic (exact) mass is 357 g/mol. The van der Waals surface area contributed by atoms with E-state index in [9.17, 15) is 14.3 Å². The highest BCUT2D eigenvalue weighted by Gasteiger charge is 2.32. The van der Waals surface area contributed by atoms with Gasteiger partial charge in [0.2, 0.25) is 5.91 Å². The van der Waals surface area contributed by atoms with Crippen LogP contribution >= 0.6 is 0 Å². The van der Waals surface area contributed by atoms with E-state index in [2.05, 4.69) is 0 Å². The van der Waals surface area contributed by atoms with E-state index >= 15 is 0 Å². The summed E-state index contributed by atoms with van der Waals surface area (Å²) in [5.41, 5.74) is -0.549. The SMILES string of the molecule is O=C(Cc1ccccc1F)N1CCCC(O)(COc2ccccc2)CC1. The van der Waals surface area contributed by atoms with Gasteiger partial charge < -0.3 is 14.7 Å². The largest absolute Gasteiger partial charge is 0.491 e. The van der Waals surface area contributed by atoms with Crippen molar-refractivity contribution >= 4 is 5.91 Å². The van der Waals surface area contributed by atoms with Crippen molar-refractivity contribution in [1.82, 2.24) is 4.90 Å². The van der Waals surface area contributed by atoms with Crippen LogP contribution < -0.4 is 4.74 Å². The molecule has 1 aliphatic rings. The van der Waals surface area contributed by atoms with Gasteiger partial charge in [-0.1, -0.05) is 36.4 Å². The number of hydrogen-bond acceptors (Lipinski definition) is 3. The zero-order valence-electron chi connectivity index (χ0n) is 14.7. The minimum Gasteiger partial charge on any atom is -0.491 e. The molecule has 1 heterocycles. The zero-order chi connectivity index (χ0) is 18.4. The summed E-state index contributed by atoms with van der Waals surface area (Å²) in [4.78, 5) is 14.2. The molecule has 1 atom stereocenters. The number of aliphatic hydroxyl groups is 1. The Morgan fingerprint density at radius 1 is 1.08 bits per heavy atom. The van der Waals surface area contributed by atoms with Crippen molar-refractivity contribution in [3.63, 3.8) is 0 Å². The van der Waals surface area contributed by atoms with Crippen LogP contribution in [-0.4, -0.2) is 41.2 Å². The fourth-order valence-corrected chi connectivity index (χ4v) is 3.22. The Balaban J connectivity index is 1.55. The molecule has 3 rings (SSSR count). The van der Waals surface area contributed by atoms with Crippen molar-refractivity contribution in [2.24, 2.45) is 0 Å². The van der Waals surface area contributed by atoms with Crippen LogP contribution in [0, 0.1) is 5.82 Å². The highest BCUT2D eigenvalue weighted by Crippen LogP contribution is 2.24. The molecule has 0 spiro atoms. The fraction of sp³-hybridized carbons (Fsp3) is 0.381. The molecule has 5 heteroatoms. The van der Waals surface area contributed by atoms with Gasteiger partial charge in [-0.15, -0.1) is 0 Å². The lowest BCUT2D eigenvalue weighted by molar-refractivity contribution is -0.130. The van der Waals surface area contributed by atoms with Gasteiger partial charge in [-0.05, 0) is 43.0 Å². The topological polar surface area (TPSA) is 49.8 Å². The first-order chi connectivity index (χ1) is 12.6. The molecule has 2 aromatic carbocycles. The van der Waals surface area contributed by atoms with Crippen molar-refractivity contribution in [1.29, 1.82) is 0 Å². The summed E-state index contributed by atoms with van der Waals surface area (Å²) in [7, 11) is 0. The van der Waals surface area contributed by atoms with E-state index in [0.717, 1.165) is 5.75 Å². The number of likely N-dealkylation sites (tertiary alicyclic amines) is 1. The molecule has 1 saturated heterocycles. The lowest BCUT2D eigenvalue weighted by Gasteiger charge is -2.27. The molecule has 1 amide bonds. The van der Waals surface area contributed by atoms with E-state index in [1.165, 1.54) is 6.07 Å². The van der Waals surface area contributed by atoms with Gasteiger partial charge in [0.25, 0.3) is 0 Å². The molecular weight excluding hydrogens is 333 g/mol. The molecule has 0 saturated carbocycles. The summed E-state index contributed by atoms with van der Waals surface area (Å²) in [6, 6.07) is 15.7. The van der Waals surface area contributed by atoms with E-state index in [4.69, 9.17) is 4.74 Å². The van der Waals surface area contributed by atoms with Crippen LogP contribution in [0.15, 0.2) is 54.6 Å². The van der Waals surface area contributed by atoms with E-state index in [-0.39, 0.29) is 24.8 Å². The highest BCUT2D eigenvalue weighted by molar-refractivity contribution is 5.78. The number of hydrogen-bond donors (Lipinski definition) is 1. The van der Waals surface area contributed by atoms with Crippen molar-refractivity contribution in [2.75, 3.05) is 19.7 Å². The maximum absolute atomic E-state index is 13.8. The predicted molar refractivity (Wildman–Crippen MR) is 97.4 cm³/mol. The number of para-hydroxylation sites is 1. The first-order valence-electron chi connectivity index (χ1n) is 8.97. The van der Waals surface area contributed by atoms with Crippen LogP contribution in [0.4, 0.5) is 4.39 Å². The molecule has 2 aromatic rings. The molecule has 0 aliphatic carbocycles. The van der Waals surface area contributed by atoms with Crippen molar-refractivity contribution in [3.05, 3.63) is 66.0 Å². The number of nitrogens with zero attached hydrogens (tertiary/aromatic N) is 1. The maximum atomic E-state index is 13.8. The first-order valence-corrected chi connectivity index (χ1v) is 8.97. The summed E-state index contributed by atoms with van der Waals surface area (Å²) >= 11 is 0. The zero-order valence-corrected chi connectivity index (χ0v) is 14.7. The average Bonchev–Trinajstić information content (AvgIpc) is 2.85. The normalized spacial score (nSPS) is 20.5. The molecule has 1 fully saturated rings.